The van der Waals surface area contributed by atoms with Crippen molar-refractivity contribution < 1.29 is 4.79 Å². The third kappa shape index (κ3) is 3.69. The van der Waals surface area contributed by atoms with Crippen LogP contribution < -0.4 is 5.73 Å². The van der Waals surface area contributed by atoms with Gasteiger partial charge in [-0.25, -0.2) is 0 Å². The third-order valence-corrected chi connectivity index (χ3v) is 4.71. The van der Waals surface area contributed by atoms with E-state index in [-0.39, 0.29) is 6.04 Å². The van der Waals surface area contributed by atoms with Crippen molar-refractivity contribution in [2.75, 3.05) is 26.7 Å². The minimum Gasteiger partial charge on any atom is -0.344 e. The second kappa shape index (κ2) is 7.25. The molecule has 1 atom stereocenters. The van der Waals surface area contributed by atoms with Gasteiger partial charge in [-0.2, -0.15) is 0 Å². The van der Waals surface area contributed by atoms with Crippen LogP contribution >= 0.6 is 0 Å². The Bertz CT molecular complexity index is 287. The van der Waals surface area contributed by atoms with Crippen LogP contribution in [0, 0.1) is 0 Å². The summed E-state index contributed by atoms with van der Waals surface area (Å²) in [6.07, 6.45) is 9.89. The zero-order valence-electron chi connectivity index (χ0n) is 12.3. The van der Waals surface area contributed by atoms with Crippen molar-refractivity contribution in [3.63, 3.8) is 0 Å². The maximum Gasteiger partial charge on any atom is 0.239 e. The molecule has 4 heteroatoms. The average Bonchev–Trinajstić information content (AvgIpc) is 2.63. The lowest BCUT2D eigenvalue weighted by molar-refractivity contribution is -0.132. The molecule has 2 fully saturated rings. The Kier molecular flexibility index (Phi) is 5.64. The van der Waals surface area contributed by atoms with E-state index in [9.17, 15) is 4.79 Å². The fourth-order valence-corrected chi connectivity index (χ4v) is 3.57. The minimum atomic E-state index is 0.125. The molecule has 1 saturated carbocycles. The molecule has 2 rings (SSSR count). The summed E-state index contributed by atoms with van der Waals surface area (Å²) >= 11 is 0. The number of hydrogen-bond acceptors (Lipinski definition) is 3. The summed E-state index contributed by atoms with van der Waals surface area (Å²) in [5.41, 5.74) is 5.68. The number of nitrogens with two attached hydrogens (primary N) is 1. The molecule has 1 unspecified atom stereocenters. The van der Waals surface area contributed by atoms with Crippen molar-refractivity contribution in [1.29, 1.82) is 0 Å². The monoisotopic (exact) mass is 267 g/mol. The van der Waals surface area contributed by atoms with E-state index < -0.39 is 0 Å². The van der Waals surface area contributed by atoms with Crippen molar-refractivity contribution >= 4 is 5.91 Å². The van der Waals surface area contributed by atoms with E-state index in [1.54, 1.807) is 0 Å². The van der Waals surface area contributed by atoms with Gasteiger partial charge in [-0.1, -0.05) is 25.7 Å². The first-order chi connectivity index (χ1) is 9.24. The van der Waals surface area contributed by atoms with Gasteiger partial charge in [-0.15, -0.1) is 0 Å². The van der Waals surface area contributed by atoms with E-state index >= 15 is 0 Å². The van der Waals surface area contributed by atoms with Gasteiger partial charge < -0.3 is 10.6 Å². The largest absolute Gasteiger partial charge is 0.344 e. The molecule has 110 valence electrons. The second-order valence-electron chi connectivity index (χ2n) is 6.09. The van der Waals surface area contributed by atoms with Crippen LogP contribution in [0.3, 0.4) is 0 Å². The number of likely N-dealkylation sites (N-methyl/N-ethyl adjacent to an activating group) is 1. The number of likely N-dealkylation sites (tertiary alicyclic amines) is 1. The van der Waals surface area contributed by atoms with Crippen molar-refractivity contribution in [3.05, 3.63) is 0 Å². The van der Waals surface area contributed by atoms with Crippen LogP contribution in [0.5, 0.6) is 0 Å². The summed E-state index contributed by atoms with van der Waals surface area (Å²) in [6, 6.07) is 0.731. The number of nitrogens with zero attached hydrogens (tertiary/aromatic N) is 2. The topological polar surface area (TPSA) is 49.6 Å². The van der Waals surface area contributed by atoms with E-state index in [0.717, 1.165) is 32.5 Å². The predicted molar refractivity (Wildman–Crippen MR) is 77.9 cm³/mol. The van der Waals surface area contributed by atoms with Crippen molar-refractivity contribution in [2.24, 2.45) is 5.73 Å². The van der Waals surface area contributed by atoms with Crippen molar-refractivity contribution in [2.45, 2.75) is 63.5 Å². The van der Waals surface area contributed by atoms with Crippen LogP contribution in [-0.4, -0.2) is 54.5 Å². The molecule has 1 amide bonds. The lowest BCUT2D eigenvalue weighted by Crippen LogP contribution is -2.47. The highest BCUT2D eigenvalue weighted by Crippen LogP contribution is 2.27. The summed E-state index contributed by atoms with van der Waals surface area (Å²) in [4.78, 5) is 16.7. The van der Waals surface area contributed by atoms with Gasteiger partial charge in [0.1, 0.15) is 0 Å². The Morgan fingerprint density at radius 1 is 1.21 bits per heavy atom. The highest BCUT2D eigenvalue weighted by molar-refractivity contribution is 5.83. The van der Waals surface area contributed by atoms with E-state index in [4.69, 9.17) is 5.73 Å². The van der Waals surface area contributed by atoms with Crippen molar-refractivity contribution in [1.82, 2.24) is 9.80 Å². The molecule has 2 aliphatic rings. The summed E-state index contributed by atoms with van der Waals surface area (Å²) < 4.78 is 0. The maximum absolute atomic E-state index is 12.3. The fourth-order valence-electron chi connectivity index (χ4n) is 3.57. The fraction of sp³-hybridized carbons (Fsp3) is 0.933. The Morgan fingerprint density at radius 2 is 1.89 bits per heavy atom. The molecule has 1 heterocycles. The molecule has 1 aliphatic carbocycles. The van der Waals surface area contributed by atoms with Crippen LogP contribution in [0.4, 0.5) is 0 Å². The van der Waals surface area contributed by atoms with Gasteiger partial charge in [0.05, 0.1) is 6.04 Å². The van der Waals surface area contributed by atoms with Gasteiger partial charge in [0.25, 0.3) is 0 Å². The van der Waals surface area contributed by atoms with E-state index in [2.05, 4.69) is 4.90 Å². The van der Waals surface area contributed by atoms with Crippen LogP contribution in [0.2, 0.25) is 0 Å². The first kappa shape index (κ1) is 14.8. The SMILES string of the molecule is CN1CCC(N(CCCN)C2CCCCCC2)C1=O. The number of rotatable bonds is 5. The summed E-state index contributed by atoms with van der Waals surface area (Å²) in [7, 11) is 1.93. The zero-order valence-corrected chi connectivity index (χ0v) is 12.3. The van der Waals surface area contributed by atoms with Gasteiger partial charge in [0.15, 0.2) is 0 Å². The molecule has 4 nitrogen and oxygen atoms in total. The van der Waals surface area contributed by atoms with E-state index in [1.807, 2.05) is 11.9 Å². The zero-order chi connectivity index (χ0) is 13.7. The van der Waals surface area contributed by atoms with Gasteiger partial charge in [0, 0.05) is 26.2 Å². The maximum atomic E-state index is 12.3. The van der Waals surface area contributed by atoms with E-state index in [0.29, 0.717) is 11.9 Å². The molecule has 0 radical (unpaired) electrons. The molecule has 0 spiro atoms. The molecule has 0 aromatic rings. The smallest absolute Gasteiger partial charge is 0.239 e. The number of hydrogen-bond donors (Lipinski definition) is 1. The Labute approximate surface area is 117 Å². The van der Waals surface area contributed by atoms with Gasteiger partial charge in [-0.05, 0) is 32.2 Å². The molecular weight excluding hydrogens is 238 g/mol. The molecular formula is C15H29N3O. The Hall–Kier alpha value is -0.610. The highest BCUT2D eigenvalue weighted by Gasteiger charge is 2.36. The third-order valence-electron chi connectivity index (χ3n) is 4.71. The molecule has 1 aliphatic heterocycles. The van der Waals surface area contributed by atoms with Crippen LogP contribution in [0.25, 0.3) is 0 Å². The first-order valence-electron chi connectivity index (χ1n) is 7.95. The number of amides is 1. The average molecular weight is 267 g/mol. The quantitative estimate of drug-likeness (QED) is 0.770. The normalized spacial score (nSPS) is 26.2. The molecule has 1 saturated heterocycles. The van der Waals surface area contributed by atoms with E-state index in [1.165, 1.54) is 38.5 Å². The number of carbonyl (C=O) groups excluding carboxylic acids is 1. The Balaban J connectivity index is 2.03. The van der Waals surface area contributed by atoms with Gasteiger partial charge in [-0.3, -0.25) is 9.69 Å². The standard InChI is InChI=1S/C15H29N3O/c1-17-12-9-14(15(17)19)18(11-6-10-16)13-7-4-2-3-5-8-13/h13-14H,2-12,16H2,1H3. The van der Waals surface area contributed by atoms with Gasteiger partial charge in [0.2, 0.25) is 5.91 Å². The second-order valence-corrected chi connectivity index (χ2v) is 6.09. The van der Waals surface area contributed by atoms with Gasteiger partial charge >= 0.3 is 0 Å². The molecule has 2 N–H and O–H groups in total. The number of carbonyl (C=O) groups is 1. The minimum absolute atomic E-state index is 0.125. The predicted octanol–water partition coefficient (Wildman–Crippen LogP) is 1.59. The highest BCUT2D eigenvalue weighted by atomic mass is 16.2. The molecule has 19 heavy (non-hydrogen) atoms. The summed E-state index contributed by atoms with van der Waals surface area (Å²) in [5, 5.41) is 0. The Morgan fingerprint density at radius 3 is 2.42 bits per heavy atom. The summed E-state index contributed by atoms with van der Waals surface area (Å²) in [6.45, 7) is 2.63. The molecule has 0 aromatic heterocycles. The van der Waals surface area contributed by atoms with Crippen LogP contribution in [-0.2, 0) is 4.79 Å². The molecule has 0 aromatic carbocycles. The first-order valence-corrected chi connectivity index (χ1v) is 7.95. The van der Waals surface area contributed by atoms with Crippen molar-refractivity contribution in [3.8, 4) is 0 Å². The lowest BCUT2D eigenvalue weighted by atomic mass is 10.0. The lowest BCUT2D eigenvalue weighted by Gasteiger charge is -2.35. The summed E-state index contributed by atoms with van der Waals surface area (Å²) in [5.74, 6) is 0.321. The molecule has 0 bridgehead atoms. The van der Waals surface area contributed by atoms with Crippen LogP contribution in [0.15, 0.2) is 0 Å². The van der Waals surface area contributed by atoms with Crippen LogP contribution in [0.1, 0.15) is 51.4 Å².